The van der Waals surface area contributed by atoms with E-state index in [1.165, 1.54) is 0 Å². The smallest absolute Gasteiger partial charge is 0.305 e. The largest absolute Gasteiger partial charge is 0.466 e. The second kappa shape index (κ2) is 8.34. The molecular formula is C15H26O6. The molecule has 0 spiro atoms. The average Bonchev–Trinajstić information content (AvgIpc) is 2.69. The molecule has 2 atom stereocenters. The fourth-order valence-electron chi connectivity index (χ4n) is 2.38. The topological polar surface area (TPSA) is 71.1 Å². The summed E-state index contributed by atoms with van der Waals surface area (Å²) < 4.78 is 21.4. The molecule has 0 N–H and O–H groups in total. The van der Waals surface area contributed by atoms with Gasteiger partial charge in [0.15, 0.2) is 5.79 Å². The first-order valence-corrected chi connectivity index (χ1v) is 7.54. The van der Waals surface area contributed by atoms with Crippen molar-refractivity contribution in [1.82, 2.24) is 0 Å². The van der Waals surface area contributed by atoms with Crippen LogP contribution >= 0.6 is 0 Å². The Balaban J connectivity index is 2.46. The molecular weight excluding hydrogens is 276 g/mol. The minimum absolute atomic E-state index is 0.209. The third-order valence-corrected chi connectivity index (χ3v) is 3.16. The molecule has 0 aliphatic carbocycles. The zero-order valence-corrected chi connectivity index (χ0v) is 13.3. The highest BCUT2D eigenvalue weighted by Gasteiger charge is 2.41. The Morgan fingerprint density at radius 3 is 1.62 bits per heavy atom. The summed E-state index contributed by atoms with van der Waals surface area (Å²) in [6.45, 7) is 7.96. The van der Waals surface area contributed by atoms with E-state index >= 15 is 0 Å². The lowest BCUT2D eigenvalue weighted by molar-refractivity contribution is -0.152. The normalized spacial score (nSPS) is 23.8. The number of ether oxygens (including phenoxy) is 4. The van der Waals surface area contributed by atoms with Crippen LogP contribution in [0.3, 0.4) is 0 Å². The van der Waals surface area contributed by atoms with Crippen LogP contribution in [0.15, 0.2) is 0 Å². The average molecular weight is 302 g/mol. The van der Waals surface area contributed by atoms with Crippen molar-refractivity contribution < 1.29 is 28.5 Å². The van der Waals surface area contributed by atoms with Crippen LogP contribution in [0, 0.1) is 0 Å². The van der Waals surface area contributed by atoms with Crippen LogP contribution in [-0.4, -0.2) is 43.1 Å². The van der Waals surface area contributed by atoms with Gasteiger partial charge in [-0.3, -0.25) is 9.59 Å². The van der Waals surface area contributed by atoms with Gasteiger partial charge < -0.3 is 18.9 Å². The maximum Gasteiger partial charge on any atom is 0.305 e. The number of carbonyl (C=O) groups excluding carboxylic acids is 2. The Morgan fingerprint density at radius 1 is 0.905 bits per heavy atom. The number of carbonyl (C=O) groups is 2. The number of hydrogen-bond donors (Lipinski definition) is 0. The second-order valence-electron chi connectivity index (χ2n) is 5.40. The van der Waals surface area contributed by atoms with Gasteiger partial charge in [-0.05, 0) is 40.5 Å². The van der Waals surface area contributed by atoms with E-state index in [4.69, 9.17) is 18.9 Å². The van der Waals surface area contributed by atoms with E-state index in [0.717, 1.165) is 0 Å². The summed E-state index contributed by atoms with van der Waals surface area (Å²) in [5.74, 6) is -1.18. The summed E-state index contributed by atoms with van der Waals surface area (Å²) in [6.07, 6.45) is 1.20. The Bertz CT molecular complexity index is 320. The van der Waals surface area contributed by atoms with Crippen LogP contribution < -0.4 is 0 Å². The van der Waals surface area contributed by atoms with E-state index in [0.29, 0.717) is 26.1 Å². The highest BCUT2D eigenvalue weighted by Crippen LogP contribution is 2.33. The molecule has 1 rings (SSSR count). The van der Waals surface area contributed by atoms with Crippen molar-refractivity contribution in [3.63, 3.8) is 0 Å². The van der Waals surface area contributed by atoms with Crippen LogP contribution in [-0.2, 0) is 28.5 Å². The van der Waals surface area contributed by atoms with Crippen molar-refractivity contribution >= 4 is 11.9 Å². The highest BCUT2D eigenvalue weighted by molar-refractivity contribution is 5.69. The monoisotopic (exact) mass is 302 g/mol. The van der Waals surface area contributed by atoms with Crippen molar-refractivity contribution in [2.75, 3.05) is 13.2 Å². The van der Waals surface area contributed by atoms with Crippen LogP contribution in [0.25, 0.3) is 0 Å². The zero-order chi connectivity index (χ0) is 15.9. The van der Waals surface area contributed by atoms with Crippen molar-refractivity contribution in [2.45, 2.75) is 71.4 Å². The molecule has 0 amide bonds. The predicted molar refractivity (Wildman–Crippen MR) is 75.6 cm³/mol. The summed E-state index contributed by atoms with van der Waals surface area (Å²) in [5, 5.41) is 0. The molecule has 122 valence electrons. The van der Waals surface area contributed by atoms with Gasteiger partial charge >= 0.3 is 11.9 Å². The maximum atomic E-state index is 11.4. The molecule has 1 saturated heterocycles. The van der Waals surface area contributed by atoms with Gasteiger partial charge in [0.1, 0.15) is 0 Å². The number of esters is 2. The Kier molecular flexibility index (Phi) is 7.11. The summed E-state index contributed by atoms with van der Waals surface area (Å²) in [4.78, 5) is 22.9. The van der Waals surface area contributed by atoms with Gasteiger partial charge in [0, 0.05) is 12.8 Å². The van der Waals surface area contributed by atoms with Gasteiger partial charge in [-0.1, -0.05) is 0 Å². The van der Waals surface area contributed by atoms with Gasteiger partial charge in [0.05, 0.1) is 25.4 Å². The predicted octanol–water partition coefficient (Wildman–Crippen LogP) is 2.19. The van der Waals surface area contributed by atoms with E-state index in [1.54, 1.807) is 13.8 Å². The highest BCUT2D eigenvalue weighted by atomic mass is 16.7. The SMILES string of the molecule is CCOC(=O)CC[C@@H]1OC(C)(C)O[C@H]1CCC(=O)OCC. The van der Waals surface area contributed by atoms with Crippen molar-refractivity contribution in [3.05, 3.63) is 0 Å². The molecule has 0 aromatic carbocycles. The molecule has 0 bridgehead atoms. The summed E-state index contributed by atoms with van der Waals surface area (Å²) in [6, 6.07) is 0. The fraction of sp³-hybridized carbons (Fsp3) is 0.867. The van der Waals surface area contributed by atoms with E-state index in [-0.39, 0.29) is 37.0 Å². The van der Waals surface area contributed by atoms with Gasteiger partial charge in [0.25, 0.3) is 0 Å². The maximum absolute atomic E-state index is 11.4. The third-order valence-electron chi connectivity index (χ3n) is 3.16. The number of rotatable bonds is 8. The number of hydrogen-bond acceptors (Lipinski definition) is 6. The lowest BCUT2D eigenvalue weighted by atomic mass is 10.0. The fourth-order valence-corrected chi connectivity index (χ4v) is 2.38. The molecule has 1 aliphatic heterocycles. The molecule has 0 radical (unpaired) electrons. The van der Waals surface area contributed by atoms with Gasteiger partial charge in [-0.15, -0.1) is 0 Å². The lowest BCUT2D eigenvalue weighted by Gasteiger charge is -2.16. The molecule has 1 fully saturated rings. The molecule has 21 heavy (non-hydrogen) atoms. The standard InChI is InChI=1S/C15H26O6/c1-5-18-13(16)9-7-11-12(21-15(3,4)20-11)8-10-14(17)19-6-2/h11-12H,5-10H2,1-4H3/t11-,12-/m0/s1. The molecule has 6 heteroatoms. The van der Waals surface area contributed by atoms with Crippen molar-refractivity contribution in [2.24, 2.45) is 0 Å². The zero-order valence-electron chi connectivity index (χ0n) is 13.3. The molecule has 6 nitrogen and oxygen atoms in total. The summed E-state index contributed by atoms with van der Waals surface area (Å²) in [7, 11) is 0. The molecule has 0 unspecified atom stereocenters. The minimum Gasteiger partial charge on any atom is -0.466 e. The Labute approximate surface area is 126 Å². The second-order valence-corrected chi connectivity index (χ2v) is 5.40. The van der Waals surface area contributed by atoms with E-state index < -0.39 is 5.79 Å². The minimum atomic E-state index is -0.696. The third kappa shape index (κ3) is 6.44. The molecule has 1 aliphatic rings. The van der Waals surface area contributed by atoms with Crippen molar-refractivity contribution in [1.29, 1.82) is 0 Å². The van der Waals surface area contributed by atoms with Gasteiger partial charge in [-0.25, -0.2) is 0 Å². The van der Waals surface area contributed by atoms with E-state index in [1.807, 2.05) is 13.8 Å². The lowest BCUT2D eigenvalue weighted by Crippen LogP contribution is -2.25. The van der Waals surface area contributed by atoms with Crippen LogP contribution in [0.2, 0.25) is 0 Å². The molecule has 0 aromatic heterocycles. The summed E-state index contributed by atoms with van der Waals surface area (Å²) >= 11 is 0. The van der Waals surface area contributed by atoms with E-state index in [9.17, 15) is 9.59 Å². The van der Waals surface area contributed by atoms with Crippen LogP contribution in [0.5, 0.6) is 0 Å². The quantitative estimate of drug-likeness (QED) is 0.640. The first-order chi connectivity index (χ1) is 9.88. The Morgan fingerprint density at radius 2 is 1.29 bits per heavy atom. The Hall–Kier alpha value is -1.14. The van der Waals surface area contributed by atoms with Crippen LogP contribution in [0.1, 0.15) is 53.4 Å². The van der Waals surface area contributed by atoms with Crippen molar-refractivity contribution in [3.8, 4) is 0 Å². The molecule has 0 saturated carbocycles. The first kappa shape index (κ1) is 17.9. The van der Waals surface area contributed by atoms with Gasteiger partial charge in [0.2, 0.25) is 0 Å². The molecule has 0 aromatic rings. The van der Waals surface area contributed by atoms with Gasteiger partial charge in [-0.2, -0.15) is 0 Å². The molecule has 1 heterocycles. The first-order valence-electron chi connectivity index (χ1n) is 7.54. The van der Waals surface area contributed by atoms with E-state index in [2.05, 4.69) is 0 Å². The summed E-state index contributed by atoms with van der Waals surface area (Å²) in [5.41, 5.74) is 0. The van der Waals surface area contributed by atoms with Crippen LogP contribution in [0.4, 0.5) is 0 Å².